The Bertz CT molecular complexity index is 674. The molecule has 1 amide bonds. The molecule has 2 heterocycles. The molecule has 3 rings (SSSR count). The zero-order chi connectivity index (χ0) is 16.8. The minimum absolute atomic E-state index is 0.0107. The Labute approximate surface area is 143 Å². The Balaban J connectivity index is 1.56. The van der Waals surface area contributed by atoms with Gasteiger partial charge < -0.3 is 15.0 Å². The number of hydrogen-bond donors (Lipinski definition) is 2. The summed E-state index contributed by atoms with van der Waals surface area (Å²) in [6.07, 6.45) is 6.82. The Kier molecular flexibility index (Phi) is 5.75. The van der Waals surface area contributed by atoms with Gasteiger partial charge >= 0.3 is 0 Å². The topological polar surface area (TPSA) is 57.4 Å². The van der Waals surface area contributed by atoms with Crippen LogP contribution in [0.1, 0.15) is 31.7 Å². The van der Waals surface area contributed by atoms with Gasteiger partial charge in [-0.15, -0.1) is 0 Å². The van der Waals surface area contributed by atoms with Crippen LogP contribution < -0.4 is 10.1 Å². The largest absolute Gasteiger partial charge is 0.492 e. The number of aromatic nitrogens is 1. The summed E-state index contributed by atoms with van der Waals surface area (Å²) in [5.74, 6) is 0.927. The van der Waals surface area contributed by atoms with Gasteiger partial charge in [0.1, 0.15) is 12.4 Å². The van der Waals surface area contributed by atoms with Gasteiger partial charge in [-0.2, -0.15) is 0 Å². The molecule has 1 aromatic heterocycles. The SMILES string of the molecule is CC(=O)NCCc1c[nH]c2ccc(OCCN3CCCCC3)cc12. The van der Waals surface area contributed by atoms with Crippen LogP contribution in [0.3, 0.4) is 0 Å². The van der Waals surface area contributed by atoms with E-state index < -0.39 is 0 Å². The summed E-state index contributed by atoms with van der Waals surface area (Å²) in [6, 6.07) is 6.19. The number of carbonyl (C=O) groups is 1. The first kappa shape index (κ1) is 16.8. The number of aromatic amines is 1. The van der Waals surface area contributed by atoms with Crippen molar-refractivity contribution in [1.29, 1.82) is 0 Å². The minimum atomic E-state index is 0.0107. The van der Waals surface area contributed by atoms with Gasteiger partial charge in [-0.05, 0) is 56.1 Å². The number of carbonyl (C=O) groups excluding carboxylic acids is 1. The molecule has 0 spiro atoms. The highest BCUT2D eigenvalue weighted by atomic mass is 16.5. The Morgan fingerprint density at radius 1 is 1.29 bits per heavy atom. The highest BCUT2D eigenvalue weighted by Crippen LogP contribution is 2.24. The zero-order valence-corrected chi connectivity index (χ0v) is 14.4. The zero-order valence-electron chi connectivity index (χ0n) is 14.4. The first-order valence-corrected chi connectivity index (χ1v) is 8.92. The Morgan fingerprint density at radius 3 is 2.92 bits per heavy atom. The summed E-state index contributed by atoms with van der Waals surface area (Å²) in [6.45, 7) is 6.34. The van der Waals surface area contributed by atoms with E-state index in [0.717, 1.165) is 30.8 Å². The van der Waals surface area contributed by atoms with Gasteiger partial charge in [0.25, 0.3) is 0 Å². The van der Waals surface area contributed by atoms with Crippen LogP contribution in [0, 0.1) is 0 Å². The summed E-state index contributed by atoms with van der Waals surface area (Å²) in [5.41, 5.74) is 2.32. The fraction of sp³-hybridized carbons (Fsp3) is 0.526. The molecule has 0 atom stereocenters. The lowest BCUT2D eigenvalue weighted by Gasteiger charge is -2.26. The molecule has 5 heteroatoms. The molecule has 0 radical (unpaired) electrons. The summed E-state index contributed by atoms with van der Waals surface area (Å²) >= 11 is 0. The summed E-state index contributed by atoms with van der Waals surface area (Å²) in [7, 11) is 0. The number of ether oxygens (including phenoxy) is 1. The average molecular weight is 329 g/mol. The Morgan fingerprint density at radius 2 is 2.12 bits per heavy atom. The molecule has 1 aliphatic rings. The quantitative estimate of drug-likeness (QED) is 0.821. The molecule has 130 valence electrons. The molecule has 1 fully saturated rings. The van der Waals surface area contributed by atoms with Gasteiger partial charge in [0.2, 0.25) is 5.91 Å². The van der Waals surface area contributed by atoms with Crippen molar-refractivity contribution >= 4 is 16.8 Å². The maximum Gasteiger partial charge on any atom is 0.216 e. The summed E-state index contributed by atoms with van der Waals surface area (Å²) in [5, 5.41) is 4.02. The second-order valence-electron chi connectivity index (χ2n) is 6.51. The monoisotopic (exact) mass is 329 g/mol. The molecule has 1 aliphatic heterocycles. The van der Waals surface area contributed by atoms with E-state index in [1.54, 1.807) is 6.92 Å². The third-order valence-electron chi connectivity index (χ3n) is 4.63. The molecule has 0 aliphatic carbocycles. The van der Waals surface area contributed by atoms with Crippen molar-refractivity contribution in [3.05, 3.63) is 30.0 Å². The number of H-pyrrole nitrogens is 1. The Hall–Kier alpha value is -2.01. The second kappa shape index (κ2) is 8.20. The highest BCUT2D eigenvalue weighted by molar-refractivity contribution is 5.84. The van der Waals surface area contributed by atoms with E-state index in [1.807, 2.05) is 12.3 Å². The van der Waals surface area contributed by atoms with E-state index >= 15 is 0 Å². The van der Waals surface area contributed by atoms with Crippen LogP contribution in [0.2, 0.25) is 0 Å². The molecule has 0 unspecified atom stereocenters. The van der Waals surface area contributed by atoms with Crippen molar-refractivity contribution in [2.75, 3.05) is 32.8 Å². The van der Waals surface area contributed by atoms with Crippen LogP contribution in [0.25, 0.3) is 10.9 Å². The molecule has 0 saturated carbocycles. The number of likely N-dealkylation sites (tertiary alicyclic amines) is 1. The van der Waals surface area contributed by atoms with Crippen molar-refractivity contribution < 1.29 is 9.53 Å². The van der Waals surface area contributed by atoms with Gasteiger partial charge in [0.05, 0.1) is 0 Å². The normalized spacial score (nSPS) is 15.5. The summed E-state index contributed by atoms with van der Waals surface area (Å²) in [4.78, 5) is 16.8. The van der Waals surface area contributed by atoms with E-state index in [-0.39, 0.29) is 5.91 Å². The van der Waals surface area contributed by atoms with Gasteiger partial charge in [0, 0.05) is 37.1 Å². The second-order valence-corrected chi connectivity index (χ2v) is 6.51. The molecule has 0 bridgehead atoms. The van der Waals surface area contributed by atoms with Crippen molar-refractivity contribution in [2.24, 2.45) is 0 Å². The lowest BCUT2D eigenvalue weighted by molar-refractivity contribution is -0.118. The smallest absolute Gasteiger partial charge is 0.216 e. The first-order chi connectivity index (χ1) is 11.7. The van der Waals surface area contributed by atoms with E-state index in [2.05, 4.69) is 27.3 Å². The van der Waals surface area contributed by atoms with Crippen molar-refractivity contribution in [3.8, 4) is 5.75 Å². The minimum Gasteiger partial charge on any atom is -0.492 e. The maximum atomic E-state index is 11.0. The van der Waals surface area contributed by atoms with E-state index in [1.165, 1.54) is 43.3 Å². The molecule has 24 heavy (non-hydrogen) atoms. The van der Waals surface area contributed by atoms with Crippen LogP contribution in [0.5, 0.6) is 5.75 Å². The molecular formula is C19H27N3O2. The van der Waals surface area contributed by atoms with E-state index in [9.17, 15) is 4.79 Å². The predicted octanol–water partition coefficient (Wildman–Crippen LogP) is 2.71. The number of hydrogen-bond acceptors (Lipinski definition) is 3. The number of amides is 1. The van der Waals surface area contributed by atoms with Crippen molar-refractivity contribution in [1.82, 2.24) is 15.2 Å². The molecular weight excluding hydrogens is 302 g/mol. The van der Waals surface area contributed by atoms with Gasteiger partial charge in [-0.25, -0.2) is 0 Å². The lowest BCUT2D eigenvalue weighted by Crippen LogP contribution is -2.33. The number of benzene rings is 1. The third kappa shape index (κ3) is 4.51. The van der Waals surface area contributed by atoms with Gasteiger partial charge in [-0.3, -0.25) is 9.69 Å². The predicted molar refractivity (Wildman–Crippen MR) is 96.5 cm³/mol. The fourth-order valence-corrected chi connectivity index (χ4v) is 3.30. The van der Waals surface area contributed by atoms with E-state index in [4.69, 9.17) is 4.74 Å². The standard InChI is InChI=1S/C19H27N3O2/c1-15(23)20-8-7-16-14-21-19-6-5-17(13-18(16)19)24-12-11-22-9-3-2-4-10-22/h5-6,13-14,21H,2-4,7-12H2,1H3,(H,20,23). The van der Waals surface area contributed by atoms with Crippen molar-refractivity contribution in [3.63, 3.8) is 0 Å². The van der Waals surface area contributed by atoms with E-state index in [0.29, 0.717) is 6.54 Å². The lowest BCUT2D eigenvalue weighted by atomic mass is 10.1. The van der Waals surface area contributed by atoms with Gasteiger partial charge in [-0.1, -0.05) is 6.42 Å². The van der Waals surface area contributed by atoms with Crippen LogP contribution in [-0.4, -0.2) is 48.6 Å². The molecule has 1 aromatic carbocycles. The number of rotatable bonds is 7. The van der Waals surface area contributed by atoms with Gasteiger partial charge in [0.15, 0.2) is 0 Å². The molecule has 1 saturated heterocycles. The number of piperidine rings is 1. The number of nitrogens with zero attached hydrogens (tertiary/aromatic N) is 1. The number of fused-ring (bicyclic) bond motifs is 1. The fourth-order valence-electron chi connectivity index (χ4n) is 3.30. The van der Waals surface area contributed by atoms with Crippen LogP contribution in [-0.2, 0) is 11.2 Å². The molecule has 2 aromatic rings. The van der Waals surface area contributed by atoms with Crippen molar-refractivity contribution in [2.45, 2.75) is 32.6 Å². The molecule has 5 nitrogen and oxygen atoms in total. The first-order valence-electron chi connectivity index (χ1n) is 8.92. The van der Waals surface area contributed by atoms with Crippen LogP contribution >= 0.6 is 0 Å². The molecule has 2 N–H and O–H groups in total. The third-order valence-corrected chi connectivity index (χ3v) is 4.63. The van der Waals surface area contributed by atoms with Crippen LogP contribution in [0.4, 0.5) is 0 Å². The average Bonchev–Trinajstić information content (AvgIpc) is 2.98. The summed E-state index contributed by atoms with van der Waals surface area (Å²) < 4.78 is 5.96. The maximum absolute atomic E-state index is 11.0. The highest BCUT2D eigenvalue weighted by Gasteiger charge is 2.10. The number of nitrogens with one attached hydrogen (secondary N) is 2. The van der Waals surface area contributed by atoms with Crippen LogP contribution in [0.15, 0.2) is 24.4 Å².